The van der Waals surface area contributed by atoms with Crippen LogP contribution in [-0.4, -0.2) is 42.8 Å². The SMILES string of the molecule is C=CCN1C(=O)c2ccc(C(=O)NCCc3cc(C)ccc3OC)cc2C1=O. The Morgan fingerprint density at radius 1 is 1.14 bits per heavy atom. The molecular weight excluding hydrogens is 356 g/mol. The van der Waals surface area contributed by atoms with Crippen molar-refractivity contribution in [3.63, 3.8) is 0 Å². The molecule has 0 atom stereocenters. The van der Waals surface area contributed by atoms with Crippen LogP contribution in [0.2, 0.25) is 0 Å². The number of hydrogen-bond donors (Lipinski definition) is 1. The van der Waals surface area contributed by atoms with Crippen LogP contribution in [0.25, 0.3) is 0 Å². The Kier molecular flexibility index (Phi) is 5.59. The van der Waals surface area contributed by atoms with E-state index in [0.29, 0.717) is 24.1 Å². The number of methoxy groups -OCH3 is 1. The van der Waals surface area contributed by atoms with Crippen molar-refractivity contribution in [2.24, 2.45) is 0 Å². The van der Waals surface area contributed by atoms with E-state index in [-0.39, 0.29) is 23.9 Å². The van der Waals surface area contributed by atoms with Gasteiger partial charge in [0.2, 0.25) is 0 Å². The molecule has 6 heteroatoms. The lowest BCUT2D eigenvalue weighted by atomic mass is 10.0. The molecule has 6 nitrogen and oxygen atoms in total. The fourth-order valence-electron chi connectivity index (χ4n) is 3.24. The molecule has 144 valence electrons. The number of imide groups is 1. The van der Waals surface area contributed by atoms with Gasteiger partial charge in [0.05, 0.1) is 18.2 Å². The highest BCUT2D eigenvalue weighted by Gasteiger charge is 2.35. The van der Waals surface area contributed by atoms with Crippen molar-refractivity contribution in [3.8, 4) is 5.75 Å². The van der Waals surface area contributed by atoms with Crippen LogP contribution in [0, 0.1) is 6.92 Å². The Morgan fingerprint density at radius 2 is 1.89 bits per heavy atom. The van der Waals surface area contributed by atoms with Crippen molar-refractivity contribution in [1.29, 1.82) is 0 Å². The summed E-state index contributed by atoms with van der Waals surface area (Å²) < 4.78 is 5.35. The lowest BCUT2D eigenvalue weighted by Gasteiger charge is -2.10. The first kappa shape index (κ1) is 19.4. The number of rotatable bonds is 7. The van der Waals surface area contributed by atoms with E-state index in [4.69, 9.17) is 4.74 Å². The molecule has 0 spiro atoms. The van der Waals surface area contributed by atoms with E-state index < -0.39 is 5.91 Å². The second-order valence-electron chi connectivity index (χ2n) is 6.59. The summed E-state index contributed by atoms with van der Waals surface area (Å²) in [6, 6.07) is 10.5. The second-order valence-corrected chi connectivity index (χ2v) is 6.59. The number of nitrogens with zero attached hydrogens (tertiary/aromatic N) is 1. The molecule has 2 aromatic rings. The van der Waals surface area contributed by atoms with Crippen LogP contribution in [0.4, 0.5) is 0 Å². The average Bonchev–Trinajstić information content (AvgIpc) is 2.93. The van der Waals surface area contributed by atoms with Crippen LogP contribution < -0.4 is 10.1 Å². The van der Waals surface area contributed by atoms with Crippen molar-refractivity contribution >= 4 is 17.7 Å². The summed E-state index contributed by atoms with van der Waals surface area (Å²) in [5.74, 6) is -0.280. The van der Waals surface area contributed by atoms with Crippen molar-refractivity contribution < 1.29 is 19.1 Å². The van der Waals surface area contributed by atoms with Crippen LogP contribution in [0.5, 0.6) is 5.75 Å². The summed E-state index contributed by atoms with van der Waals surface area (Å²) in [6.07, 6.45) is 2.11. The number of aryl methyl sites for hydroxylation is 1. The summed E-state index contributed by atoms with van der Waals surface area (Å²) in [4.78, 5) is 38.2. The summed E-state index contributed by atoms with van der Waals surface area (Å²) in [5, 5.41) is 2.85. The Morgan fingerprint density at radius 3 is 2.61 bits per heavy atom. The third kappa shape index (κ3) is 3.67. The lowest BCUT2D eigenvalue weighted by Crippen LogP contribution is -2.29. The normalized spacial score (nSPS) is 12.7. The highest BCUT2D eigenvalue weighted by atomic mass is 16.5. The summed E-state index contributed by atoms with van der Waals surface area (Å²) >= 11 is 0. The Labute approximate surface area is 163 Å². The predicted octanol–water partition coefficient (Wildman–Crippen LogP) is 2.76. The topological polar surface area (TPSA) is 75.7 Å². The zero-order chi connectivity index (χ0) is 20.3. The molecule has 0 bridgehead atoms. The molecule has 2 aromatic carbocycles. The summed E-state index contributed by atoms with van der Waals surface area (Å²) in [7, 11) is 1.62. The molecule has 0 saturated heterocycles. The predicted molar refractivity (Wildman–Crippen MR) is 106 cm³/mol. The number of ether oxygens (including phenoxy) is 1. The molecule has 1 heterocycles. The highest BCUT2D eigenvalue weighted by molar-refractivity contribution is 6.22. The van der Waals surface area contributed by atoms with Gasteiger partial charge in [0.1, 0.15) is 5.75 Å². The zero-order valence-electron chi connectivity index (χ0n) is 16.0. The van der Waals surface area contributed by atoms with Gasteiger partial charge < -0.3 is 10.1 Å². The largest absolute Gasteiger partial charge is 0.496 e. The van der Waals surface area contributed by atoms with E-state index in [0.717, 1.165) is 21.8 Å². The maximum Gasteiger partial charge on any atom is 0.261 e. The molecule has 0 aliphatic carbocycles. The molecule has 3 rings (SSSR count). The molecule has 28 heavy (non-hydrogen) atoms. The van der Waals surface area contributed by atoms with Crippen LogP contribution in [0.1, 0.15) is 42.2 Å². The molecule has 1 aliphatic heterocycles. The number of nitrogens with one attached hydrogen (secondary N) is 1. The Bertz CT molecular complexity index is 965. The first-order valence-electron chi connectivity index (χ1n) is 8.99. The van der Waals surface area contributed by atoms with Gasteiger partial charge in [0.25, 0.3) is 17.7 Å². The van der Waals surface area contributed by atoms with E-state index in [9.17, 15) is 14.4 Å². The minimum Gasteiger partial charge on any atom is -0.496 e. The highest BCUT2D eigenvalue weighted by Crippen LogP contribution is 2.24. The molecule has 1 aliphatic rings. The third-order valence-electron chi connectivity index (χ3n) is 4.66. The van der Waals surface area contributed by atoms with Crippen molar-refractivity contribution in [2.45, 2.75) is 13.3 Å². The van der Waals surface area contributed by atoms with Gasteiger partial charge >= 0.3 is 0 Å². The third-order valence-corrected chi connectivity index (χ3v) is 4.66. The fraction of sp³-hybridized carbons (Fsp3) is 0.227. The van der Waals surface area contributed by atoms with Crippen molar-refractivity contribution in [2.75, 3.05) is 20.2 Å². The molecule has 1 N–H and O–H groups in total. The van der Waals surface area contributed by atoms with Gasteiger partial charge in [0.15, 0.2) is 0 Å². The average molecular weight is 378 g/mol. The molecular formula is C22H22N2O4. The lowest BCUT2D eigenvalue weighted by molar-refractivity contribution is 0.0672. The van der Waals surface area contributed by atoms with E-state index in [1.54, 1.807) is 13.2 Å². The number of carbonyl (C=O) groups is 3. The van der Waals surface area contributed by atoms with Crippen LogP contribution in [0.15, 0.2) is 49.1 Å². The standard InChI is InChI=1S/C22H22N2O4/c1-4-11-24-21(26)17-7-6-16(13-18(17)22(24)27)20(25)23-10-9-15-12-14(2)5-8-19(15)28-3/h4-8,12-13H,1,9-11H2,2-3H3,(H,23,25). The number of benzene rings is 2. The zero-order valence-corrected chi connectivity index (χ0v) is 16.0. The van der Waals surface area contributed by atoms with Gasteiger partial charge in [-0.15, -0.1) is 6.58 Å². The molecule has 0 aromatic heterocycles. The van der Waals surface area contributed by atoms with Gasteiger partial charge in [0, 0.05) is 18.7 Å². The van der Waals surface area contributed by atoms with Gasteiger partial charge in [-0.2, -0.15) is 0 Å². The molecule has 0 radical (unpaired) electrons. The van der Waals surface area contributed by atoms with Gasteiger partial charge in [-0.1, -0.05) is 23.8 Å². The van der Waals surface area contributed by atoms with Crippen LogP contribution >= 0.6 is 0 Å². The molecule has 0 unspecified atom stereocenters. The van der Waals surface area contributed by atoms with Crippen LogP contribution in [0.3, 0.4) is 0 Å². The minimum absolute atomic E-state index is 0.145. The van der Waals surface area contributed by atoms with Gasteiger partial charge in [-0.25, -0.2) is 0 Å². The van der Waals surface area contributed by atoms with Crippen molar-refractivity contribution in [1.82, 2.24) is 10.2 Å². The van der Waals surface area contributed by atoms with Crippen LogP contribution in [-0.2, 0) is 6.42 Å². The number of carbonyl (C=O) groups excluding carboxylic acids is 3. The first-order valence-corrected chi connectivity index (χ1v) is 8.99. The van der Waals surface area contributed by atoms with E-state index >= 15 is 0 Å². The van der Waals surface area contributed by atoms with Gasteiger partial charge in [-0.05, 0) is 43.2 Å². The second kappa shape index (κ2) is 8.08. The van der Waals surface area contributed by atoms with E-state index in [1.165, 1.54) is 18.2 Å². The number of fused-ring (bicyclic) bond motifs is 1. The molecule has 3 amide bonds. The smallest absolute Gasteiger partial charge is 0.261 e. The van der Waals surface area contributed by atoms with Crippen molar-refractivity contribution in [3.05, 3.63) is 76.9 Å². The quantitative estimate of drug-likeness (QED) is 0.594. The van der Waals surface area contributed by atoms with Gasteiger partial charge in [-0.3, -0.25) is 19.3 Å². The first-order chi connectivity index (χ1) is 13.5. The monoisotopic (exact) mass is 378 g/mol. The summed E-state index contributed by atoms with van der Waals surface area (Å²) in [5.41, 5.74) is 3.04. The molecule has 0 fully saturated rings. The fourth-order valence-corrected chi connectivity index (χ4v) is 3.24. The van der Waals surface area contributed by atoms with E-state index in [1.807, 2.05) is 25.1 Å². The minimum atomic E-state index is -0.404. The maximum absolute atomic E-state index is 12.5. The molecule has 0 saturated carbocycles. The Hall–Kier alpha value is -3.41. The Balaban J connectivity index is 1.68. The number of amides is 3. The van der Waals surface area contributed by atoms with E-state index in [2.05, 4.69) is 11.9 Å². The maximum atomic E-state index is 12.5. The summed E-state index contributed by atoms with van der Waals surface area (Å²) in [6.45, 7) is 6.13. The number of hydrogen-bond acceptors (Lipinski definition) is 4.